The lowest BCUT2D eigenvalue weighted by molar-refractivity contribution is -0.137. The lowest BCUT2D eigenvalue weighted by atomic mass is 9.72. The van der Waals surface area contributed by atoms with Crippen LogP contribution in [0.2, 0.25) is 0 Å². The molecule has 0 aromatic heterocycles. The van der Waals surface area contributed by atoms with Gasteiger partial charge in [-0.2, -0.15) is 0 Å². The first-order valence-corrected chi connectivity index (χ1v) is 8.85. The maximum Gasteiger partial charge on any atom is 0.343 e. The molecule has 1 aromatic carbocycles. The number of nitrogens with zero attached hydrogens (tertiary/aromatic N) is 1. The summed E-state index contributed by atoms with van der Waals surface area (Å²) in [4.78, 5) is 16.4. The van der Waals surface area contributed by atoms with Crippen LogP contribution in [-0.2, 0) is 9.53 Å². The van der Waals surface area contributed by atoms with Crippen molar-refractivity contribution in [1.82, 2.24) is 0 Å². The van der Waals surface area contributed by atoms with Crippen LogP contribution in [0.15, 0.2) is 16.6 Å². The van der Waals surface area contributed by atoms with Gasteiger partial charge < -0.3 is 14.9 Å². The molecule has 1 saturated carbocycles. The highest BCUT2D eigenvalue weighted by atomic mass is 19.2. The molecule has 154 valence electrons. The van der Waals surface area contributed by atoms with E-state index in [4.69, 9.17) is 4.74 Å². The van der Waals surface area contributed by atoms with E-state index in [1.807, 2.05) is 0 Å². The van der Waals surface area contributed by atoms with Crippen LogP contribution in [0.5, 0.6) is 0 Å². The van der Waals surface area contributed by atoms with Gasteiger partial charge in [-0.25, -0.2) is 22.4 Å². The lowest BCUT2D eigenvalue weighted by Crippen LogP contribution is -2.46. The fraction of sp³-hybridized carbons (Fsp3) is 0.474. The topological polar surface area (TPSA) is 79.1 Å². The lowest BCUT2D eigenvalue weighted by Gasteiger charge is -2.41. The summed E-state index contributed by atoms with van der Waals surface area (Å²) in [6, 6.07) is 0.232. The summed E-state index contributed by atoms with van der Waals surface area (Å²) in [6.45, 7) is 3.13. The van der Waals surface area contributed by atoms with Gasteiger partial charge in [-0.15, -0.1) is 0 Å². The van der Waals surface area contributed by atoms with Gasteiger partial charge >= 0.3 is 5.97 Å². The number of rotatable bonds is 7. The van der Waals surface area contributed by atoms with Crippen LogP contribution in [0.25, 0.3) is 5.76 Å². The summed E-state index contributed by atoms with van der Waals surface area (Å²) in [5.41, 5.74) is -2.59. The number of esters is 1. The van der Waals surface area contributed by atoms with Crippen molar-refractivity contribution in [3.8, 4) is 0 Å². The number of carbonyl (C=O) groups is 1. The average Bonchev–Trinajstić information content (AvgIpc) is 2.64. The van der Waals surface area contributed by atoms with E-state index in [0.29, 0.717) is 19.3 Å². The van der Waals surface area contributed by atoms with E-state index in [1.165, 1.54) is 6.92 Å². The summed E-state index contributed by atoms with van der Waals surface area (Å²) >= 11 is 0. The number of ether oxygens (including phenoxy) is 1. The van der Waals surface area contributed by atoms with Crippen molar-refractivity contribution in [2.24, 2.45) is 4.99 Å². The quantitative estimate of drug-likeness (QED) is 0.138. The first-order valence-electron chi connectivity index (χ1n) is 8.85. The Morgan fingerprint density at radius 2 is 1.89 bits per heavy atom. The number of halogens is 4. The smallest absolute Gasteiger partial charge is 0.343 e. The number of hydrogen-bond acceptors (Lipinski definition) is 5. The van der Waals surface area contributed by atoms with Crippen LogP contribution >= 0.6 is 0 Å². The molecular formula is C19H21F4NO4. The fourth-order valence-corrected chi connectivity index (χ4v) is 2.97. The van der Waals surface area contributed by atoms with E-state index < -0.39 is 57.8 Å². The molecule has 0 spiro atoms. The van der Waals surface area contributed by atoms with Gasteiger partial charge in [-0.1, -0.05) is 6.92 Å². The van der Waals surface area contributed by atoms with Gasteiger partial charge in [0.05, 0.1) is 23.8 Å². The highest BCUT2D eigenvalue weighted by Gasteiger charge is 2.42. The summed E-state index contributed by atoms with van der Waals surface area (Å²) in [5.74, 6) is -10.0. The fourth-order valence-electron chi connectivity index (χ4n) is 2.97. The molecule has 0 aliphatic heterocycles. The third-order valence-corrected chi connectivity index (χ3v) is 4.79. The standard InChI is InChI=1S/C19H21F4NO4/c1-3-13(25)19(6-5-7-19)24-9-11(18(27)28-4-2)17(26)10-8-12(20)15(22)16(23)14(10)21/h8-9,13,25-26H,3-7H2,1-2H3. The third kappa shape index (κ3) is 4.04. The molecule has 28 heavy (non-hydrogen) atoms. The zero-order chi connectivity index (χ0) is 21.1. The molecule has 1 aliphatic rings. The first-order chi connectivity index (χ1) is 13.2. The second-order valence-electron chi connectivity index (χ2n) is 6.47. The molecule has 0 bridgehead atoms. The molecule has 2 N–H and O–H groups in total. The Hall–Kier alpha value is -2.42. The summed E-state index contributed by atoms with van der Waals surface area (Å²) in [6.07, 6.45) is 2.34. The number of carbonyl (C=O) groups excluding carboxylic acids is 1. The third-order valence-electron chi connectivity index (χ3n) is 4.79. The molecule has 0 radical (unpaired) electrons. The minimum Gasteiger partial charge on any atom is -0.506 e. The number of aliphatic imine (C=N–C) groups is 1. The van der Waals surface area contributed by atoms with Gasteiger partial charge in [-0.3, -0.25) is 4.99 Å². The SMILES string of the molecule is CCOC(=O)C(C=NC1(C(O)CC)CCC1)=C(O)c1cc(F)c(F)c(F)c1F. The Bertz CT molecular complexity index is 819. The van der Waals surface area contributed by atoms with E-state index >= 15 is 0 Å². The number of benzene rings is 1. The van der Waals surface area contributed by atoms with Crippen molar-refractivity contribution < 1.29 is 37.3 Å². The van der Waals surface area contributed by atoms with Crippen molar-refractivity contribution >= 4 is 17.9 Å². The molecule has 0 amide bonds. The molecule has 9 heteroatoms. The van der Waals surface area contributed by atoms with Gasteiger partial charge in [0.15, 0.2) is 23.3 Å². The monoisotopic (exact) mass is 403 g/mol. The summed E-state index contributed by atoms with van der Waals surface area (Å²) in [7, 11) is 0. The van der Waals surface area contributed by atoms with Crippen molar-refractivity contribution in [3.05, 3.63) is 40.5 Å². The molecule has 1 aliphatic carbocycles. The van der Waals surface area contributed by atoms with E-state index in [2.05, 4.69) is 4.99 Å². The Balaban J connectivity index is 2.57. The van der Waals surface area contributed by atoms with Gasteiger partial charge in [0, 0.05) is 6.21 Å². The average molecular weight is 403 g/mol. The van der Waals surface area contributed by atoms with E-state index in [0.717, 1.165) is 12.6 Å². The molecule has 1 fully saturated rings. The maximum absolute atomic E-state index is 14.0. The van der Waals surface area contributed by atoms with Crippen LogP contribution < -0.4 is 0 Å². The Morgan fingerprint density at radius 1 is 1.25 bits per heavy atom. The Labute approximate surface area is 159 Å². The molecular weight excluding hydrogens is 382 g/mol. The predicted molar refractivity (Wildman–Crippen MR) is 93.8 cm³/mol. The van der Waals surface area contributed by atoms with Crippen molar-refractivity contribution in [2.45, 2.75) is 51.2 Å². The van der Waals surface area contributed by atoms with Gasteiger partial charge in [0.2, 0.25) is 0 Å². The van der Waals surface area contributed by atoms with Gasteiger partial charge in [0.1, 0.15) is 11.3 Å². The Kier molecular flexibility index (Phi) is 6.82. The highest BCUT2D eigenvalue weighted by Crippen LogP contribution is 2.40. The maximum atomic E-state index is 14.0. The summed E-state index contributed by atoms with van der Waals surface area (Å²) < 4.78 is 59.0. The predicted octanol–water partition coefficient (Wildman–Crippen LogP) is 3.84. The van der Waals surface area contributed by atoms with Crippen LogP contribution in [0.3, 0.4) is 0 Å². The Morgan fingerprint density at radius 3 is 2.39 bits per heavy atom. The molecule has 1 atom stereocenters. The number of aliphatic hydroxyl groups is 2. The molecule has 0 heterocycles. The number of hydrogen-bond donors (Lipinski definition) is 2. The van der Waals surface area contributed by atoms with Gasteiger partial charge in [0.25, 0.3) is 0 Å². The van der Waals surface area contributed by atoms with E-state index in [1.54, 1.807) is 6.92 Å². The van der Waals surface area contributed by atoms with Gasteiger partial charge in [-0.05, 0) is 38.7 Å². The summed E-state index contributed by atoms with van der Waals surface area (Å²) in [5, 5.41) is 20.5. The number of aliphatic hydroxyl groups excluding tert-OH is 2. The van der Waals surface area contributed by atoms with Crippen molar-refractivity contribution in [1.29, 1.82) is 0 Å². The normalized spacial score (nSPS) is 17.8. The zero-order valence-corrected chi connectivity index (χ0v) is 15.4. The zero-order valence-electron chi connectivity index (χ0n) is 15.4. The minimum absolute atomic E-state index is 0.0964. The van der Waals surface area contributed by atoms with Crippen LogP contribution in [-0.4, -0.2) is 40.6 Å². The molecule has 1 aromatic rings. The van der Waals surface area contributed by atoms with Crippen molar-refractivity contribution in [3.63, 3.8) is 0 Å². The van der Waals surface area contributed by atoms with Crippen molar-refractivity contribution in [2.75, 3.05) is 6.61 Å². The second-order valence-corrected chi connectivity index (χ2v) is 6.47. The van der Waals surface area contributed by atoms with Crippen LogP contribution in [0.1, 0.15) is 45.1 Å². The molecule has 1 unspecified atom stereocenters. The second kappa shape index (κ2) is 8.72. The first kappa shape index (κ1) is 21.9. The van der Waals surface area contributed by atoms with E-state index in [-0.39, 0.29) is 12.7 Å². The molecule has 2 rings (SSSR count). The van der Waals surface area contributed by atoms with Crippen LogP contribution in [0.4, 0.5) is 17.6 Å². The highest BCUT2D eigenvalue weighted by molar-refractivity contribution is 6.15. The molecule has 0 saturated heterocycles. The van der Waals surface area contributed by atoms with Crippen LogP contribution in [0, 0.1) is 23.3 Å². The molecule has 5 nitrogen and oxygen atoms in total. The minimum atomic E-state index is -2.13. The largest absolute Gasteiger partial charge is 0.506 e. The van der Waals surface area contributed by atoms with E-state index in [9.17, 15) is 32.6 Å².